The van der Waals surface area contributed by atoms with Crippen molar-refractivity contribution in [3.63, 3.8) is 0 Å². The van der Waals surface area contributed by atoms with E-state index in [-0.39, 0.29) is 12.2 Å². The average molecular weight is 362 g/mol. The van der Waals surface area contributed by atoms with Gasteiger partial charge in [-0.3, -0.25) is 4.79 Å². The van der Waals surface area contributed by atoms with Crippen molar-refractivity contribution in [2.75, 3.05) is 19.7 Å². The van der Waals surface area contributed by atoms with E-state index in [0.29, 0.717) is 36.1 Å². The summed E-state index contributed by atoms with van der Waals surface area (Å²) in [4.78, 5) is 17.4. The van der Waals surface area contributed by atoms with E-state index in [1.54, 1.807) is 0 Å². The summed E-state index contributed by atoms with van der Waals surface area (Å²) in [6, 6.07) is 7.89. The minimum absolute atomic E-state index is 0.0938. The molecule has 0 amide bonds. The number of aromatic amines is 1. The molecule has 0 aliphatic carbocycles. The van der Waals surface area contributed by atoms with Gasteiger partial charge in [-0.25, -0.2) is 0 Å². The zero-order chi connectivity index (χ0) is 18.4. The largest absolute Gasteiger partial charge is 0.396 e. The number of rotatable bonds is 7. The second-order valence-corrected chi connectivity index (χ2v) is 7.13. The number of hydrogen-bond donors (Lipinski definition) is 3. The molecule has 0 saturated carbocycles. The Hall–Kier alpha value is -1.92. The highest BCUT2D eigenvalue weighted by atomic mass is 32.1. The topological polar surface area (TPSA) is 68.4 Å². The minimum Gasteiger partial charge on any atom is -0.396 e. The molecular formula is C19H27N3O2S. The normalized spacial score (nSPS) is 11.1. The fraction of sp³-hybridized carbons (Fsp3) is 0.474. The zero-order valence-corrected chi connectivity index (χ0v) is 15.9. The highest BCUT2D eigenvalue weighted by Gasteiger charge is 2.13. The van der Waals surface area contributed by atoms with Crippen LogP contribution in [-0.2, 0) is 6.54 Å². The van der Waals surface area contributed by atoms with Gasteiger partial charge in [0.1, 0.15) is 0 Å². The lowest BCUT2D eigenvalue weighted by Crippen LogP contribution is -2.42. The summed E-state index contributed by atoms with van der Waals surface area (Å²) in [5.41, 5.74) is 2.50. The number of aliphatic hydroxyl groups is 1. The van der Waals surface area contributed by atoms with Crippen LogP contribution in [0, 0.1) is 12.8 Å². The molecule has 0 radical (unpaired) electrons. The van der Waals surface area contributed by atoms with Crippen LogP contribution in [-0.4, -0.2) is 39.8 Å². The van der Waals surface area contributed by atoms with Gasteiger partial charge in [-0.15, -0.1) is 0 Å². The van der Waals surface area contributed by atoms with Gasteiger partial charge >= 0.3 is 0 Å². The van der Waals surface area contributed by atoms with E-state index in [1.165, 1.54) is 0 Å². The third-order valence-electron chi connectivity index (χ3n) is 4.06. The number of aromatic nitrogens is 1. The molecule has 0 spiro atoms. The van der Waals surface area contributed by atoms with Crippen molar-refractivity contribution < 1.29 is 5.11 Å². The Kier molecular flexibility index (Phi) is 6.96. The van der Waals surface area contributed by atoms with E-state index in [2.05, 4.69) is 24.1 Å². The van der Waals surface area contributed by atoms with Crippen molar-refractivity contribution in [1.82, 2.24) is 15.2 Å². The van der Waals surface area contributed by atoms with E-state index in [1.807, 2.05) is 36.1 Å². The van der Waals surface area contributed by atoms with Gasteiger partial charge < -0.3 is 20.3 Å². The number of H-pyrrole nitrogens is 1. The zero-order valence-electron chi connectivity index (χ0n) is 15.1. The maximum Gasteiger partial charge on any atom is 0.253 e. The van der Waals surface area contributed by atoms with Gasteiger partial charge in [0.15, 0.2) is 5.11 Å². The van der Waals surface area contributed by atoms with Crippen LogP contribution in [0.5, 0.6) is 0 Å². The number of para-hydroxylation sites is 1. The third kappa shape index (κ3) is 5.28. The first-order valence-corrected chi connectivity index (χ1v) is 9.08. The van der Waals surface area contributed by atoms with Crippen molar-refractivity contribution >= 4 is 28.2 Å². The Labute approximate surface area is 154 Å². The predicted octanol–water partition coefficient (Wildman–Crippen LogP) is 2.55. The summed E-state index contributed by atoms with van der Waals surface area (Å²) in [6.07, 6.45) is 0.605. The van der Waals surface area contributed by atoms with Gasteiger partial charge in [0.25, 0.3) is 5.56 Å². The first kappa shape index (κ1) is 19.4. The van der Waals surface area contributed by atoms with Gasteiger partial charge in [0.05, 0.1) is 12.1 Å². The molecule has 0 fully saturated rings. The first-order chi connectivity index (χ1) is 11.9. The molecule has 0 saturated heterocycles. The molecule has 1 aromatic heterocycles. The molecule has 2 rings (SSSR count). The van der Waals surface area contributed by atoms with Gasteiger partial charge in [-0.2, -0.15) is 0 Å². The number of nitrogens with zero attached hydrogens (tertiary/aromatic N) is 1. The van der Waals surface area contributed by atoms with E-state index >= 15 is 0 Å². The lowest BCUT2D eigenvalue weighted by molar-refractivity contribution is 0.264. The van der Waals surface area contributed by atoms with Crippen molar-refractivity contribution in [3.8, 4) is 0 Å². The Morgan fingerprint density at radius 2 is 2.16 bits per heavy atom. The third-order valence-corrected chi connectivity index (χ3v) is 4.46. The van der Waals surface area contributed by atoms with Crippen LogP contribution in [0.3, 0.4) is 0 Å². The molecule has 136 valence electrons. The molecular weight excluding hydrogens is 334 g/mol. The number of aliphatic hydroxyl groups excluding tert-OH is 1. The van der Waals surface area contributed by atoms with E-state index in [4.69, 9.17) is 17.3 Å². The Morgan fingerprint density at radius 3 is 2.84 bits per heavy atom. The number of benzene rings is 1. The Balaban J connectivity index is 2.25. The predicted molar refractivity (Wildman–Crippen MR) is 107 cm³/mol. The van der Waals surface area contributed by atoms with Crippen LogP contribution in [0.15, 0.2) is 29.1 Å². The first-order valence-electron chi connectivity index (χ1n) is 8.67. The fourth-order valence-electron chi connectivity index (χ4n) is 2.67. The van der Waals surface area contributed by atoms with Gasteiger partial charge in [0.2, 0.25) is 0 Å². The molecule has 1 aromatic carbocycles. The van der Waals surface area contributed by atoms with Crippen molar-refractivity contribution in [2.24, 2.45) is 5.92 Å². The lowest BCUT2D eigenvalue weighted by Gasteiger charge is -2.26. The van der Waals surface area contributed by atoms with Gasteiger partial charge in [0, 0.05) is 25.3 Å². The SMILES string of the molecule is Cc1cccc2cc(CN(CCCO)C(=S)NCC(C)C)c(=O)[nH]c12. The van der Waals surface area contributed by atoms with E-state index in [0.717, 1.165) is 23.0 Å². The second kappa shape index (κ2) is 8.97. The maximum atomic E-state index is 12.5. The molecule has 0 atom stereocenters. The molecule has 6 heteroatoms. The van der Waals surface area contributed by atoms with Gasteiger partial charge in [-0.05, 0) is 48.5 Å². The summed E-state index contributed by atoms with van der Waals surface area (Å²) in [7, 11) is 0. The van der Waals surface area contributed by atoms with Crippen LogP contribution in [0.1, 0.15) is 31.4 Å². The Morgan fingerprint density at radius 1 is 1.40 bits per heavy atom. The van der Waals surface area contributed by atoms with Crippen LogP contribution in [0.4, 0.5) is 0 Å². The quantitative estimate of drug-likeness (QED) is 0.661. The van der Waals surface area contributed by atoms with Crippen LogP contribution >= 0.6 is 12.2 Å². The summed E-state index contributed by atoms with van der Waals surface area (Å²) in [5, 5.41) is 14.0. The number of thiocarbonyl (C=S) groups is 1. The molecule has 25 heavy (non-hydrogen) atoms. The summed E-state index contributed by atoms with van der Waals surface area (Å²) < 4.78 is 0. The molecule has 1 heterocycles. The van der Waals surface area contributed by atoms with Gasteiger partial charge in [-0.1, -0.05) is 32.0 Å². The molecule has 3 N–H and O–H groups in total. The van der Waals surface area contributed by atoms with Crippen molar-refractivity contribution in [2.45, 2.75) is 33.7 Å². The highest BCUT2D eigenvalue weighted by molar-refractivity contribution is 7.80. The molecule has 0 aliphatic heterocycles. The summed E-state index contributed by atoms with van der Waals surface area (Å²) in [6.45, 7) is 8.11. The van der Waals surface area contributed by atoms with E-state index in [9.17, 15) is 4.79 Å². The minimum atomic E-state index is -0.0949. The molecule has 2 aromatic rings. The van der Waals surface area contributed by atoms with Crippen LogP contribution < -0.4 is 10.9 Å². The molecule has 0 bridgehead atoms. The molecule has 5 nitrogen and oxygen atoms in total. The summed E-state index contributed by atoms with van der Waals surface area (Å²) in [5.74, 6) is 0.477. The number of aryl methyl sites for hydroxylation is 1. The number of fused-ring (bicyclic) bond motifs is 1. The second-order valence-electron chi connectivity index (χ2n) is 6.74. The smallest absolute Gasteiger partial charge is 0.253 e. The standard InChI is InChI=1S/C19H27N3O2S/c1-13(2)11-20-19(25)22(8-5-9-23)12-16-10-15-7-4-6-14(3)17(15)21-18(16)24/h4,6-7,10,13,23H,5,8-9,11-12H2,1-3H3,(H,20,25)(H,21,24). The number of nitrogens with one attached hydrogen (secondary N) is 2. The monoisotopic (exact) mass is 361 g/mol. The lowest BCUT2D eigenvalue weighted by atomic mass is 10.1. The number of pyridine rings is 1. The van der Waals surface area contributed by atoms with Crippen LogP contribution in [0.2, 0.25) is 0 Å². The maximum absolute atomic E-state index is 12.5. The average Bonchev–Trinajstić information content (AvgIpc) is 2.57. The van der Waals surface area contributed by atoms with E-state index < -0.39 is 0 Å². The molecule has 0 unspecified atom stereocenters. The number of hydrogen-bond acceptors (Lipinski definition) is 3. The fourth-order valence-corrected chi connectivity index (χ4v) is 2.91. The summed E-state index contributed by atoms with van der Waals surface area (Å²) >= 11 is 5.49. The van der Waals surface area contributed by atoms with Crippen molar-refractivity contribution in [1.29, 1.82) is 0 Å². The van der Waals surface area contributed by atoms with Crippen LogP contribution in [0.25, 0.3) is 10.9 Å². The highest BCUT2D eigenvalue weighted by Crippen LogP contribution is 2.16. The Bertz CT molecular complexity index is 786. The molecule has 0 aliphatic rings. The van der Waals surface area contributed by atoms with Crippen molar-refractivity contribution in [3.05, 3.63) is 45.7 Å².